The lowest BCUT2D eigenvalue weighted by Gasteiger charge is -1.97. The molecule has 3 aromatic rings. The topological polar surface area (TPSA) is 64.9 Å². The highest BCUT2D eigenvalue weighted by molar-refractivity contribution is 7.08. The summed E-state index contributed by atoms with van der Waals surface area (Å²) in [7, 11) is 0. The first-order valence-electron chi connectivity index (χ1n) is 5.06. The van der Waals surface area contributed by atoms with E-state index in [0.29, 0.717) is 17.4 Å². The molecule has 1 aromatic carbocycles. The molecule has 2 heterocycles. The number of para-hydroxylation sites is 1. The minimum atomic E-state index is 0.518. The van der Waals surface area contributed by atoms with E-state index >= 15 is 0 Å². The highest BCUT2D eigenvalue weighted by Crippen LogP contribution is 2.26. The lowest BCUT2D eigenvalue weighted by Crippen LogP contribution is -1.90. The number of nitrogen functional groups attached to an aromatic ring is 1. The monoisotopic (exact) mass is 243 g/mol. The number of nitrogens with two attached hydrogens (primary N) is 1. The second kappa shape index (κ2) is 4.03. The zero-order valence-electron chi connectivity index (χ0n) is 8.83. The number of benzene rings is 1. The molecule has 0 aliphatic heterocycles. The number of anilines is 1. The van der Waals surface area contributed by atoms with Crippen LogP contribution in [0.4, 0.5) is 5.69 Å². The Labute approximate surface area is 102 Å². The van der Waals surface area contributed by atoms with Gasteiger partial charge in [0.2, 0.25) is 5.82 Å². The van der Waals surface area contributed by atoms with Crippen molar-refractivity contribution in [3.8, 4) is 22.8 Å². The van der Waals surface area contributed by atoms with Crippen LogP contribution in [0.1, 0.15) is 0 Å². The molecule has 0 unspecified atom stereocenters. The molecule has 0 fully saturated rings. The van der Waals surface area contributed by atoms with Gasteiger partial charge in [0.25, 0.3) is 5.89 Å². The van der Waals surface area contributed by atoms with Crippen LogP contribution >= 0.6 is 11.3 Å². The normalized spacial score (nSPS) is 10.6. The molecular formula is C12H9N3OS. The van der Waals surface area contributed by atoms with Gasteiger partial charge in [-0.1, -0.05) is 17.3 Å². The van der Waals surface area contributed by atoms with Gasteiger partial charge in [0.15, 0.2) is 0 Å². The molecule has 0 bridgehead atoms. The second-order valence-electron chi connectivity index (χ2n) is 3.52. The quantitative estimate of drug-likeness (QED) is 0.702. The number of hydrogen-bond acceptors (Lipinski definition) is 5. The van der Waals surface area contributed by atoms with E-state index in [2.05, 4.69) is 10.1 Å². The van der Waals surface area contributed by atoms with Gasteiger partial charge in [0.1, 0.15) is 0 Å². The van der Waals surface area contributed by atoms with E-state index in [4.69, 9.17) is 10.3 Å². The van der Waals surface area contributed by atoms with Crippen LogP contribution in [0.5, 0.6) is 0 Å². The average Bonchev–Trinajstić information content (AvgIpc) is 3.00. The van der Waals surface area contributed by atoms with E-state index < -0.39 is 0 Å². The van der Waals surface area contributed by atoms with Gasteiger partial charge >= 0.3 is 0 Å². The number of hydrogen-bond donors (Lipinski definition) is 1. The maximum absolute atomic E-state index is 5.86. The van der Waals surface area contributed by atoms with Crippen LogP contribution in [-0.4, -0.2) is 10.1 Å². The fourth-order valence-electron chi connectivity index (χ4n) is 1.54. The number of nitrogens with zero attached hydrogens (tertiary/aromatic N) is 2. The van der Waals surface area contributed by atoms with Gasteiger partial charge in [-0.15, -0.1) is 0 Å². The largest absolute Gasteiger partial charge is 0.398 e. The Morgan fingerprint density at radius 1 is 1.18 bits per heavy atom. The molecule has 3 rings (SSSR count). The van der Waals surface area contributed by atoms with Crippen molar-refractivity contribution in [1.29, 1.82) is 0 Å². The number of thiophene rings is 1. The Morgan fingerprint density at radius 3 is 2.82 bits per heavy atom. The summed E-state index contributed by atoms with van der Waals surface area (Å²) < 4.78 is 5.21. The third-order valence-corrected chi connectivity index (χ3v) is 3.08. The van der Waals surface area contributed by atoms with Gasteiger partial charge in [0.05, 0.1) is 5.56 Å². The molecule has 84 valence electrons. The van der Waals surface area contributed by atoms with Gasteiger partial charge in [0, 0.05) is 16.6 Å². The molecule has 17 heavy (non-hydrogen) atoms. The van der Waals surface area contributed by atoms with Crippen LogP contribution in [0.15, 0.2) is 45.6 Å². The minimum Gasteiger partial charge on any atom is -0.398 e. The molecule has 0 aliphatic rings. The van der Waals surface area contributed by atoms with Crippen molar-refractivity contribution < 1.29 is 4.52 Å². The summed E-state index contributed by atoms with van der Waals surface area (Å²) >= 11 is 1.59. The highest BCUT2D eigenvalue weighted by Gasteiger charge is 2.12. The first-order valence-corrected chi connectivity index (χ1v) is 6.00. The van der Waals surface area contributed by atoms with Gasteiger partial charge < -0.3 is 10.3 Å². The summed E-state index contributed by atoms with van der Waals surface area (Å²) in [6.45, 7) is 0. The Kier molecular flexibility index (Phi) is 2.38. The molecule has 0 radical (unpaired) electrons. The number of rotatable bonds is 2. The molecule has 2 N–H and O–H groups in total. The van der Waals surface area contributed by atoms with Crippen LogP contribution in [0.25, 0.3) is 22.8 Å². The average molecular weight is 243 g/mol. The Balaban J connectivity index is 2.04. The van der Waals surface area contributed by atoms with Crippen molar-refractivity contribution in [1.82, 2.24) is 10.1 Å². The van der Waals surface area contributed by atoms with Crippen LogP contribution in [-0.2, 0) is 0 Å². The second-order valence-corrected chi connectivity index (χ2v) is 4.30. The van der Waals surface area contributed by atoms with Crippen LogP contribution in [0.2, 0.25) is 0 Å². The molecule has 0 atom stereocenters. The highest BCUT2D eigenvalue weighted by atomic mass is 32.1. The smallest absolute Gasteiger partial charge is 0.259 e. The lowest BCUT2D eigenvalue weighted by molar-refractivity contribution is 0.432. The van der Waals surface area contributed by atoms with Crippen LogP contribution in [0.3, 0.4) is 0 Å². The molecule has 4 nitrogen and oxygen atoms in total. The van der Waals surface area contributed by atoms with E-state index in [1.54, 1.807) is 11.3 Å². The Morgan fingerprint density at radius 2 is 2.06 bits per heavy atom. The minimum absolute atomic E-state index is 0.518. The van der Waals surface area contributed by atoms with Gasteiger partial charge in [-0.25, -0.2) is 0 Å². The predicted octanol–water partition coefficient (Wildman–Crippen LogP) is 3.05. The van der Waals surface area contributed by atoms with E-state index in [-0.39, 0.29) is 0 Å². The summed E-state index contributed by atoms with van der Waals surface area (Å²) in [6.07, 6.45) is 0. The summed E-state index contributed by atoms with van der Waals surface area (Å²) in [5.41, 5.74) is 8.23. The van der Waals surface area contributed by atoms with Gasteiger partial charge in [-0.2, -0.15) is 16.3 Å². The molecular weight excluding hydrogens is 234 g/mol. The van der Waals surface area contributed by atoms with Gasteiger partial charge in [-0.05, 0) is 23.6 Å². The van der Waals surface area contributed by atoms with Crippen LogP contribution in [0, 0.1) is 0 Å². The standard InChI is InChI=1S/C12H9N3OS/c13-10-4-2-1-3-9(10)11-14-12(16-15-11)8-5-6-17-7-8/h1-7H,13H2. The SMILES string of the molecule is Nc1ccccc1-c1noc(-c2ccsc2)n1. The predicted molar refractivity (Wildman–Crippen MR) is 67.5 cm³/mol. The fraction of sp³-hybridized carbons (Fsp3) is 0. The van der Waals surface area contributed by atoms with Crippen molar-refractivity contribution in [2.75, 3.05) is 5.73 Å². The molecule has 0 aliphatic carbocycles. The molecule has 0 amide bonds. The molecule has 2 aromatic heterocycles. The lowest BCUT2D eigenvalue weighted by atomic mass is 10.2. The maximum Gasteiger partial charge on any atom is 0.259 e. The van der Waals surface area contributed by atoms with Crippen molar-refractivity contribution in [3.63, 3.8) is 0 Å². The van der Waals surface area contributed by atoms with Crippen molar-refractivity contribution in [2.45, 2.75) is 0 Å². The first kappa shape index (κ1) is 10.0. The van der Waals surface area contributed by atoms with Gasteiger partial charge in [-0.3, -0.25) is 0 Å². The number of aromatic nitrogens is 2. The van der Waals surface area contributed by atoms with E-state index in [0.717, 1.165) is 11.1 Å². The van der Waals surface area contributed by atoms with Crippen molar-refractivity contribution >= 4 is 17.0 Å². The Hall–Kier alpha value is -2.14. The Bertz CT molecular complexity index is 631. The zero-order valence-corrected chi connectivity index (χ0v) is 9.65. The summed E-state index contributed by atoms with van der Waals surface area (Å²) in [5.74, 6) is 1.04. The third-order valence-electron chi connectivity index (χ3n) is 2.40. The molecule has 0 spiro atoms. The zero-order chi connectivity index (χ0) is 11.7. The fourth-order valence-corrected chi connectivity index (χ4v) is 2.17. The third kappa shape index (κ3) is 1.81. The molecule has 5 heteroatoms. The first-order chi connectivity index (χ1) is 8.34. The van der Waals surface area contributed by atoms with Crippen LogP contribution < -0.4 is 5.73 Å². The summed E-state index contributed by atoms with van der Waals surface area (Å²) in [4.78, 5) is 4.33. The van der Waals surface area contributed by atoms with E-state index in [1.807, 2.05) is 41.1 Å². The molecule has 0 saturated heterocycles. The van der Waals surface area contributed by atoms with Crippen molar-refractivity contribution in [2.24, 2.45) is 0 Å². The summed E-state index contributed by atoms with van der Waals surface area (Å²) in [5, 5.41) is 7.87. The van der Waals surface area contributed by atoms with E-state index in [1.165, 1.54) is 0 Å². The molecule has 0 saturated carbocycles. The van der Waals surface area contributed by atoms with E-state index in [9.17, 15) is 0 Å². The summed E-state index contributed by atoms with van der Waals surface area (Å²) in [6, 6.07) is 9.40. The van der Waals surface area contributed by atoms with Crippen molar-refractivity contribution in [3.05, 3.63) is 41.1 Å². The maximum atomic E-state index is 5.86.